The van der Waals surface area contributed by atoms with Crippen LogP contribution in [0.15, 0.2) is 0 Å². The van der Waals surface area contributed by atoms with Gasteiger partial charge in [0.05, 0.1) is 5.69 Å². The minimum atomic E-state index is -0.557. The molecule has 60 valence electrons. The monoisotopic (exact) mass is 172 g/mol. The van der Waals surface area contributed by atoms with Crippen LogP contribution in [0.25, 0.3) is 0 Å². The van der Waals surface area contributed by atoms with E-state index >= 15 is 0 Å². The highest BCUT2D eigenvalue weighted by Crippen LogP contribution is 2.11. The number of halogens is 1. The van der Waals surface area contributed by atoms with Crippen LogP contribution in [0, 0.1) is 20.8 Å². The molecule has 1 heterocycles. The maximum absolute atomic E-state index is 10.7. The van der Waals surface area contributed by atoms with Crippen LogP contribution >= 0.6 is 11.6 Å². The summed E-state index contributed by atoms with van der Waals surface area (Å²) in [4.78, 5) is 10.7. The molecule has 0 aliphatic heterocycles. The van der Waals surface area contributed by atoms with E-state index in [9.17, 15) is 4.79 Å². The van der Waals surface area contributed by atoms with Crippen molar-refractivity contribution in [1.82, 2.24) is 9.78 Å². The highest BCUT2D eigenvalue weighted by atomic mass is 35.5. The number of carbonyl (C=O) groups excluding carboxylic acids is 1. The fourth-order valence-corrected chi connectivity index (χ4v) is 1.06. The molecule has 0 saturated carbocycles. The van der Waals surface area contributed by atoms with Crippen LogP contribution < -0.4 is 0 Å². The molecule has 0 amide bonds. The van der Waals surface area contributed by atoms with Crippen LogP contribution in [0.1, 0.15) is 17.0 Å². The summed E-state index contributed by atoms with van der Waals surface area (Å²) < 4.78 is 1.20. The van der Waals surface area contributed by atoms with Gasteiger partial charge in [0.25, 0.3) is 0 Å². The van der Waals surface area contributed by atoms with Gasteiger partial charge < -0.3 is 0 Å². The first-order valence-corrected chi connectivity index (χ1v) is 3.64. The molecule has 1 aromatic rings. The van der Waals surface area contributed by atoms with Crippen LogP contribution in [0.5, 0.6) is 0 Å². The maximum atomic E-state index is 10.7. The molecular formula is C7H9ClN2O. The van der Waals surface area contributed by atoms with Crippen molar-refractivity contribution in [3.63, 3.8) is 0 Å². The Morgan fingerprint density at radius 2 is 2.00 bits per heavy atom. The Labute approximate surface area is 70.0 Å². The summed E-state index contributed by atoms with van der Waals surface area (Å²) in [6.45, 7) is 5.57. The molecule has 0 atom stereocenters. The van der Waals surface area contributed by atoms with Crippen molar-refractivity contribution in [3.8, 4) is 0 Å². The highest BCUT2D eigenvalue weighted by molar-refractivity contribution is 6.63. The van der Waals surface area contributed by atoms with E-state index in [4.69, 9.17) is 11.6 Å². The van der Waals surface area contributed by atoms with Gasteiger partial charge in [-0.15, -0.1) is 0 Å². The van der Waals surface area contributed by atoms with E-state index in [1.54, 1.807) is 0 Å². The lowest BCUT2D eigenvalue weighted by molar-refractivity contribution is 0.258. The zero-order valence-electron chi connectivity index (χ0n) is 6.68. The van der Waals surface area contributed by atoms with Gasteiger partial charge in [-0.2, -0.15) is 9.78 Å². The fourth-order valence-electron chi connectivity index (χ4n) is 0.892. The lowest BCUT2D eigenvalue weighted by Crippen LogP contribution is -2.05. The number of nitrogens with zero attached hydrogens (tertiary/aromatic N) is 2. The Morgan fingerprint density at radius 3 is 2.18 bits per heavy atom. The molecule has 0 saturated heterocycles. The van der Waals surface area contributed by atoms with Crippen LogP contribution in [0.4, 0.5) is 4.79 Å². The number of aryl methyl sites for hydroxylation is 1. The third kappa shape index (κ3) is 1.28. The van der Waals surface area contributed by atoms with E-state index in [1.807, 2.05) is 20.8 Å². The average Bonchev–Trinajstić information content (AvgIpc) is 2.17. The van der Waals surface area contributed by atoms with Crippen LogP contribution in [-0.4, -0.2) is 15.1 Å². The molecule has 0 spiro atoms. The van der Waals surface area contributed by atoms with Crippen molar-refractivity contribution in [2.24, 2.45) is 0 Å². The third-order valence-corrected chi connectivity index (χ3v) is 1.98. The SMILES string of the molecule is Cc1nn(C(=O)Cl)c(C)c1C. The molecule has 3 nitrogen and oxygen atoms in total. The summed E-state index contributed by atoms with van der Waals surface area (Å²) in [5.74, 6) is 0. The lowest BCUT2D eigenvalue weighted by Gasteiger charge is -1.93. The van der Waals surface area contributed by atoms with Gasteiger partial charge in [-0.3, -0.25) is 4.79 Å². The topological polar surface area (TPSA) is 34.9 Å². The predicted octanol–water partition coefficient (Wildman–Crippen LogP) is 2.02. The summed E-state index contributed by atoms with van der Waals surface area (Å²) in [6.07, 6.45) is 0. The van der Waals surface area contributed by atoms with Crippen molar-refractivity contribution in [2.45, 2.75) is 20.8 Å². The van der Waals surface area contributed by atoms with E-state index < -0.39 is 5.37 Å². The molecule has 1 aromatic heterocycles. The van der Waals surface area contributed by atoms with Crippen molar-refractivity contribution >= 4 is 17.0 Å². The molecule has 0 aliphatic carbocycles. The molecule has 11 heavy (non-hydrogen) atoms. The Balaban J connectivity index is 3.29. The number of carbonyl (C=O) groups is 1. The lowest BCUT2D eigenvalue weighted by atomic mass is 10.2. The number of rotatable bonds is 0. The van der Waals surface area contributed by atoms with E-state index in [2.05, 4.69) is 5.10 Å². The smallest absolute Gasteiger partial charge is 0.253 e. The second-order valence-electron chi connectivity index (χ2n) is 2.46. The molecular weight excluding hydrogens is 164 g/mol. The molecule has 0 aliphatic rings. The van der Waals surface area contributed by atoms with E-state index in [0.29, 0.717) is 0 Å². The number of hydrogen-bond donors (Lipinski definition) is 0. The Bertz CT molecular complexity index is 304. The summed E-state index contributed by atoms with van der Waals surface area (Å²) in [5.41, 5.74) is 2.66. The third-order valence-electron chi connectivity index (χ3n) is 1.82. The van der Waals surface area contributed by atoms with Crippen molar-refractivity contribution in [1.29, 1.82) is 0 Å². The van der Waals surface area contributed by atoms with Gasteiger partial charge in [-0.05, 0) is 37.9 Å². The Hall–Kier alpha value is -0.830. The first-order chi connectivity index (χ1) is 5.04. The molecule has 0 radical (unpaired) electrons. The molecule has 0 aromatic carbocycles. The maximum Gasteiger partial charge on any atom is 0.341 e. The van der Waals surface area contributed by atoms with Gasteiger partial charge in [0.2, 0.25) is 0 Å². The summed E-state index contributed by atoms with van der Waals surface area (Å²) >= 11 is 5.26. The van der Waals surface area contributed by atoms with Crippen molar-refractivity contribution in [3.05, 3.63) is 17.0 Å². The molecule has 0 bridgehead atoms. The van der Waals surface area contributed by atoms with Gasteiger partial charge in [-0.1, -0.05) is 0 Å². The van der Waals surface area contributed by atoms with Crippen LogP contribution in [0.3, 0.4) is 0 Å². The molecule has 0 N–H and O–H groups in total. The number of aromatic nitrogens is 2. The zero-order valence-corrected chi connectivity index (χ0v) is 7.44. The van der Waals surface area contributed by atoms with E-state index in [-0.39, 0.29) is 0 Å². The standard InChI is InChI=1S/C7H9ClN2O/c1-4-5(2)9-10(6(4)3)7(8)11/h1-3H3. The molecule has 0 unspecified atom stereocenters. The first-order valence-electron chi connectivity index (χ1n) is 3.26. The molecule has 0 fully saturated rings. The largest absolute Gasteiger partial charge is 0.341 e. The van der Waals surface area contributed by atoms with E-state index in [0.717, 1.165) is 17.0 Å². The fraction of sp³-hybridized carbons (Fsp3) is 0.429. The second-order valence-corrected chi connectivity index (χ2v) is 2.78. The Morgan fingerprint density at radius 1 is 1.45 bits per heavy atom. The highest BCUT2D eigenvalue weighted by Gasteiger charge is 2.10. The zero-order chi connectivity index (χ0) is 8.59. The van der Waals surface area contributed by atoms with Crippen LogP contribution in [0.2, 0.25) is 0 Å². The van der Waals surface area contributed by atoms with Crippen molar-refractivity contribution < 1.29 is 4.79 Å². The normalized spacial score (nSPS) is 10.2. The number of hydrogen-bond acceptors (Lipinski definition) is 2. The Kier molecular flexibility index (Phi) is 2.00. The summed E-state index contributed by atoms with van der Waals surface area (Å²) in [5, 5.41) is 3.39. The van der Waals surface area contributed by atoms with Gasteiger partial charge in [-0.25, -0.2) is 0 Å². The first kappa shape index (κ1) is 8.27. The molecule has 1 rings (SSSR count). The minimum absolute atomic E-state index is 0.557. The van der Waals surface area contributed by atoms with Gasteiger partial charge in [0.1, 0.15) is 0 Å². The minimum Gasteiger partial charge on any atom is -0.253 e. The van der Waals surface area contributed by atoms with Gasteiger partial charge in [0.15, 0.2) is 0 Å². The molecule has 4 heteroatoms. The van der Waals surface area contributed by atoms with Gasteiger partial charge >= 0.3 is 5.37 Å². The van der Waals surface area contributed by atoms with Gasteiger partial charge in [0, 0.05) is 5.69 Å². The average molecular weight is 173 g/mol. The summed E-state index contributed by atoms with van der Waals surface area (Å²) in [7, 11) is 0. The van der Waals surface area contributed by atoms with E-state index in [1.165, 1.54) is 4.68 Å². The van der Waals surface area contributed by atoms with Crippen LogP contribution in [-0.2, 0) is 0 Å². The van der Waals surface area contributed by atoms with Crippen molar-refractivity contribution in [2.75, 3.05) is 0 Å². The quantitative estimate of drug-likeness (QED) is 0.562. The summed E-state index contributed by atoms with van der Waals surface area (Å²) in [6, 6.07) is 0. The predicted molar refractivity (Wildman–Crippen MR) is 43.1 cm³/mol. The second kappa shape index (κ2) is 2.66.